The maximum atomic E-state index is 5.01. The Bertz CT molecular complexity index is 137. The Labute approximate surface area is 87.5 Å². The molecule has 0 saturated carbocycles. The minimum atomic E-state index is 0.759. The second-order valence-corrected chi connectivity index (χ2v) is 3.78. The second kappa shape index (κ2) is 8.30. The van der Waals surface area contributed by atoms with Gasteiger partial charge in [-0.25, -0.2) is 0 Å². The molecule has 0 heterocycles. The van der Waals surface area contributed by atoms with E-state index in [1.165, 1.54) is 25.7 Å². The highest BCUT2D eigenvalue weighted by atomic mass is 32.1. The van der Waals surface area contributed by atoms with Gasteiger partial charge in [-0.15, -0.1) is 0 Å². The number of nitrogens with one attached hydrogen (secondary N) is 2. The molecule has 0 amide bonds. The lowest BCUT2D eigenvalue weighted by Gasteiger charge is -2.16. The molecule has 0 aromatic heterocycles. The highest BCUT2D eigenvalue weighted by Crippen LogP contribution is 2.10. The third kappa shape index (κ3) is 6.82. The summed E-state index contributed by atoms with van der Waals surface area (Å²) in [7, 11) is 1.85. The molecule has 0 saturated heterocycles. The van der Waals surface area contributed by atoms with Gasteiger partial charge in [0.2, 0.25) is 0 Å². The summed E-state index contributed by atoms with van der Waals surface area (Å²) in [5.74, 6) is 0.770. The van der Waals surface area contributed by atoms with Gasteiger partial charge in [0.1, 0.15) is 0 Å². The number of thiocarbonyl (C=S) groups is 1. The third-order valence-corrected chi connectivity index (χ3v) is 2.67. The first-order valence-corrected chi connectivity index (χ1v) is 5.60. The first kappa shape index (κ1) is 12.7. The van der Waals surface area contributed by atoms with Gasteiger partial charge in [-0.1, -0.05) is 33.1 Å². The molecule has 2 nitrogen and oxygen atoms in total. The van der Waals surface area contributed by atoms with E-state index in [1.807, 2.05) is 7.05 Å². The van der Waals surface area contributed by atoms with Crippen LogP contribution in [0.1, 0.15) is 39.5 Å². The van der Waals surface area contributed by atoms with Crippen LogP contribution in [0.4, 0.5) is 0 Å². The Morgan fingerprint density at radius 1 is 1.38 bits per heavy atom. The Morgan fingerprint density at radius 2 is 2.08 bits per heavy atom. The minimum absolute atomic E-state index is 0.759. The lowest BCUT2D eigenvalue weighted by atomic mass is 9.99. The lowest BCUT2D eigenvalue weighted by Crippen LogP contribution is -2.35. The first-order valence-electron chi connectivity index (χ1n) is 5.20. The highest BCUT2D eigenvalue weighted by Gasteiger charge is 2.05. The fraction of sp³-hybridized carbons (Fsp3) is 0.900. The van der Waals surface area contributed by atoms with Gasteiger partial charge in [0.15, 0.2) is 5.11 Å². The van der Waals surface area contributed by atoms with E-state index in [0.29, 0.717) is 0 Å². The Balaban J connectivity index is 3.52. The van der Waals surface area contributed by atoms with Crippen LogP contribution in [0.25, 0.3) is 0 Å². The zero-order valence-corrected chi connectivity index (χ0v) is 9.84. The SMILES string of the molecule is CCCCC(CC)CNC(=S)NC. The average molecular weight is 202 g/mol. The normalized spacial score (nSPS) is 12.2. The standard InChI is InChI=1S/C10H22N2S/c1-4-6-7-9(5-2)8-12-10(13)11-3/h9H,4-8H2,1-3H3,(H2,11,12,13). The summed E-state index contributed by atoms with van der Waals surface area (Å²) >= 11 is 5.01. The summed E-state index contributed by atoms with van der Waals surface area (Å²) in [5, 5.41) is 6.89. The zero-order valence-electron chi connectivity index (χ0n) is 9.02. The molecule has 78 valence electrons. The number of hydrogen-bond acceptors (Lipinski definition) is 1. The second-order valence-electron chi connectivity index (χ2n) is 3.38. The van der Waals surface area contributed by atoms with Crippen LogP contribution in [-0.2, 0) is 0 Å². The van der Waals surface area contributed by atoms with E-state index >= 15 is 0 Å². The molecular weight excluding hydrogens is 180 g/mol. The van der Waals surface area contributed by atoms with Crippen molar-refractivity contribution < 1.29 is 0 Å². The third-order valence-electron chi connectivity index (χ3n) is 2.32. The van der Waals surface area contributed by atoms with Crippen LogP contribution in [0.5, 0.6) is 0 Å². The minimum Gasteiger partial charge on any atom is -0.366 e. The van der Waals surface area contributed by atoms with E-state index in [2.05, 4.69) is 24.5 Å². The molecule has 0 aromatic carbocycles. The predicted molar refractivity (Wildman–Crippen MR) is 63.0 cm³/mol. The summed E-state index contributed by atoms with van der Waals surface area (Å²) in [4.78, 5) is 0. The number of hydrogen-bond donors (Lipinski definition) is 2. The summed E-state index contributed by atoms with van der Waals surface area (Å²) in [5.41, 5.74) is 0. The van der Waals surface area contributed by atoms with Crippen LogP contribution in [-0.4, -0.2) is 18.7 Å². The van der Waals surface area contributed by atoms with Gasteiger partial charge in [-0.2, -0.15) is 0 Å². The molecule has 0 fully saturated rings. The van der Waals surface area contributed by atoms with Gasteiger partial charge in [0.05, 0.1) is 0 Å². The number of rotatable bonds is 6. The maximum Gasteiger partial charge on any atom is 0.166 e. The molecule has 0 aliphatic heterocycles. The lowest BCUT2D eigenvalue weighted by molar-refractivity contribution is 0.445. The molecule has 3 heteroatoms. The van der Waals surface area contributed by atoms with Crippen molar-refractivity contribution in [2.45, 2.75) is 39.5 Å². The molecule has 2 N–H and O–H groups in total. The van der Waals surface area contributed by atoms with Gasteiger partial charge >= 0.3 is 0 Å². The quantitative estimate of drug-likeness (QED) is 0.646. The molecule has 0 aliphatic carbocycles. The van der Waals surface area contributed by atoms with Crippen molar-refractivity contribution >= 4 is 17.3 Å². The zero-order chi connectivity index (χ0) is 10.1. The van der Waals surface area contributed by atoms with Crippen molar-refractivity contribution in [2.24, 2.45) is 5.92 Å². The van der Waals surface area contributed by atoms with Crippen LogP contribution < -0.4 is 10.6 Å². The molecule has 0 aliphatic rings. The Kier molecular flexibility index (Phi) is 8.10. The van der Waals surface area contributed by atoms with E-state index in [-0.39, 0.29) is 0 Å². The maximum absolute atomic E-state index is 5.01. The largest absolute Gasteiger partial charge is 0.366 e. The molecule has 0 rings (SSSR count). The van der Waals surface area contributed by atoms with E-state index in [1.54, 1.807) is 0 Å². The Morgan fingerprint density at radius 3 is 2.54 bits per heavy atom. The monoisotopic (exact) mass is 202 g/mol. The average Bonchev–Trinajstić information content (AvgIpc) is 2.17. The topological polar surface area (TPSA) is 24.1 Å². The highest BCUT2D eigenvalue weighted by molar-refractivity contribution is 7.80. The smallest absolute Gasteiger partial charge is 0.166 e. The molecule has 13 heavy (non-hydrogen) atoms. The van der Waals surface area contributed by atoms with E-state index < -0.39 is 0 Å². The van der Waals surface area contributed by atoms with Crippen LogP contribution in [0, 0.1) is 5.92 Å². The van der Waals surface area contributed by atoms with Gasteiger partial charge in [-0.3, -0.25) is 0 Å². The molecule has 0 bridgehead atoms. The first-order chi connectivity index (χ1) is 6.24. The molecule has 1 atom stereocenters. The van der Waals surface area contributed by atoms with Crippen molar-refractivity contribution in [1.82, 2.24) is 10.6 Å². The van der Waals surface area contributed by atoms with Gasteiger partial charge in [-0.05, 0) is 24.6 Å². The van der Waals surface area contributed by atoms with Gasteiger partial charge in [0.25, 0.3) is 0 Å². The van der Waals surface area contributed by atoms with E-state index in [4.69, 9.17) is 12.2 Å². The fourth-order valence-corrected chi connectivity index (χ4v) is 1.35. The van der Waals surface area contributed by atoms with Crippen LogP contribution in [0.2, 0.25) is 0 Å². The van der Waals surface area contributed by atoms with Crippen LogP contribution in [0.15, 0.2) is 0 Å². The van der Waals surface area contributed by atoms with E-state index in [9.17, 15) is 0 Å². The molecular formula is C10H22N2S. The van der Waals surface area contributed by atoms with Crippen molar-refractivity contribution in [3.8, 4) is 0 Å². The summed E-state index contributed by atoms with van der Waals surface area (Å²) < 4.78 is 0. The summed E-state index contributed by atoms with van der Waals surface area (Å²) in [6.07, 6.45) is 5.16. The predicted octanol–water partition coefficient (Wildman–Crippen LogP) is 2.30. The van der Waals surface area contributed by atoms with Crippen molar-refractivity contribution in [3.63, 3.8) is 0 Å². The summed E-state index contributed by atoms with van der Waals surface area (Å²) in [6.45, 7) is 5.49. The fourth-order valence-electron chi connectivity index (χ4n) is 1.27. The van der Waals surface area contributed by atoms with Crippen molar-refractivity contribution in [3.05, 3.63) is 0 Å². The van der Waals surface area contributed by atoms with Crippen molar-refractivity contribution in [1.29, 1.82) is 0 Å². The van der Waals surface area contributed by atoms with E-state index in [0.717, 1.165) is 17.6 Å². The molecule has 0 spiro atoms. The van der Waals surface area contributed by atoms with Crippen molar-refractivity contribution in [2.75, 3.05) is 13.6 Å². The molecule has 0 aromatic rings. The molecule has 1 unspecified atom stereocenters. The van der Waals surface area contributed by atoms with Gasteiger partial charge in [0, 0.05) is 13.6 Å². The number of unbranched alkanes of at least 4 members (excludes halogenated alkanes) is 1. The van der Waals surface area contributed by atoms with Crippen LogP contribution >= 0.6 is 12.2 Å². The molecule has 0 radical (unpaired) electrons. The van der Waals surface area contributed by atoms with Crippen LogP contribution in [0.3, 0.4) is 0 Å². The Hall–Kier alpha value is -0.310. The van der Waals surface area contributed by atoms with Gasteiger partial charge < -0.3 is 10.6 Å². The summed E-state index contributed by atoms with van der Waals surface area (Å²) in [6, 6.07) is 0.